The number of thiophene rings is 1. The van der Waals surface area contributed by atoms with Gasteiger partial charge < -0.3 is 0 Å². The Labute approximate surface area is 113 Å². The molecule has 2 nitrogen and oxygen atoms in total. The lowest BCUT2D eigenvalue weighted by Gasteiger charge is -2.15. The summed E-state index contributed by atoms with van der Waals surface area (Å²) in [5, 5.41) is 0. The van der Waals surface area contributed by atoms with Crippen molar-refractivity contribution in [2.45, 2.75) is 33.1 Å². The van der Waals surface area contributed by atoms with Crippen molar-refractivity contribution in [1.82, 2.24) is 4.90 Å². The smallest absolute Gasteiger partial charge is 0.177 e. The zero-order chi connectivity index (χ0) is 12.7. The van der Waals surface area contributed by atoms with Gasteiger partial charge in [-0.2, -0.15) is 0 Å². The summed E-state index contributed by atoms with van der Waals surface area (Å²) in [4.78, 5) is 17.1. The second-order valence-electron chi connectivity index (χ2n) is 5.90. The largest absolute Gasteiger partial charge is 0.295 e. The fourth-order valence-corrected chi connectivity index (χ4v) is 4.60. The second kappa shape index (κ2) is 4.78. The number of rotatable bonds is 3. The molecular weight excluding hydrogens is 242 g/mol. The lowest BCUT2D eigenvalue weighted by atomic mass is 10.0. The third-order valence-corrected chi connectivity index (χ3v) is 5.48. The van der Waals surface area contributed by atoms with Gasteiger partial charge in [-0.05, 0) is 44.6 Å². The number of likely N-dealkylation sites (tertiary alicyclic amines) is 1. The zero-order valence-electron chi connectivity index (χ0n) is 11.2. The van der Waals surface area contributed by atoms with E-state index >= 15 is 0 Å². The van der Waals surface area contributed by atoms with Crippen LogP contribution in [0.25, 0.3) is 0 Å². The number of nitrogens with zero attached hydrogens (tertiary/aromatic N) is 1. The third kappa shape index (κ3) is 2.26. The van der Waals surface area contributed by atoms with Gasteiger partial charge in [-0.15, -0.1) is 11.3 Å². The van der Waals surface area contributed by atoms with Gasteiger partial charge in [0.15, 0.2) is 5.78 Å². The Bertz CT molecular complexity index is 453. The van der Waals surface area contributed by atoms with Gasteiger partial charge in [-0.25, -0.2) is 0 Å². The van der Waals surface area contributed by atoms with Gasteiger partial charge in [0.25, 0.3) is 0 Å². The van der Waals surface area contributed by atoms with Gasteiger partial charge in [0.1, 0.15) is 0 Å². The van der Waals surface area contributed by atoms with Crippen molar-refractivity contribution in [2.24, 2.45) is 11.8 Å². The molecule has 0 radical (unpaired) electrons. The highest BCUT2D eigenvalue weighted by Gasteiger charge is 2.36. The van der Waals surface area contributed by atoms with Crippen molar-refractivity contribution in [3.63, 3.8) is 0 Å². The van der Waals surface area contributed by atoms with Crippen LogP contribution in [0.3, 0.4) is 0 Å². The minimum atomic E-state index is 0.317. The van der Waals surface area contributed by atoms with Crippen molar-refractivity contribution < 1.29 is 4.79 Å². The van der Waals surface area contributed by atoms with Crippen molar-refractivity contribution in [1.29, 1.82) is 0 Å². The maximum Gasteiger partial charge on any atom is 0.177 e. The Morgan fingerprint density at radius 3 is 2.56 bits per heavy atom. The normalized spacial score (nSPS) is 27.7. The molecule has 2 aliphatic rings. The lowest BCUT2D eigenvalue weighted by molar-refractivity contribution is 0.0941. The van der Waals surface area contributed by atoms with E-state index in [1.165, 1.54) is 29.0 Å². The molecular formula is C15H21NOS. The Kier molecular flexibility index (Phi) is 3.29. The Balaban J connectivity index is 1.63. The molecule has 1 aromatic heterocycles. The summed E-state index contributed by atoms with van der Waals surface area (Å²) in [7, 11) is 0. The molecule has 0 aromatic carbocycles. The quantitative estimate of drug-likeness (QED) is 0.780. The van der Waals surface area contributed by atoms with Gasteiger partial charge in [0, 0.05) is 28.4 Å². The first-order chi connectivity index (χ1) is 8.63. The van der Waals surface area contributed by atoms with Crippen LogP contribution in [-0.2, 0) is 0 Å². The number of carbonyl (C=O) groups excluding carboxylic acids is 1. The summed E-state index contributed by atoms with van der Waals surface area (Å²) in [5.41, 5.74) is 0.953. The maximum absolute atomic E-state index is 12.3. The molecule has 2 unspecified atom stereocenters. The summed E-state index contributed by atoms with van der Waals surface area (Å²) >= 11 is 1.73. The molecule has 3 heteroatoms. The van der Waals surface area contributed by atoms with E-state index < -0.39 is 0 Å². The van der Waals surface area contributed by atoms with Crippen LogP contribution >= 0.6 is 11.3 Å². The minimum Gasteiger partial charge on any atom is -0.295 e. The van der Waals surface area contributed by atoms with Crippen LogP contribution in [0.5, 0.6) is 0 Å². The fourth-order valence-electron chi connectivity index (χ4n) is 3.66. The Morgan fingerprint density at radius 2 is 2.00 bits per heavy atom. The van der Waals surface area contributed by atoms with Crippen molar-refractivity contribution in [3.05, 3.63) is 21.4 Å². The average Bonchev–Trinajstić information content (AvgIpc) is 2.92. The number of fused-ring (bicyclic) bond motifs is 1. The summed E-state index contributed by atoms with van der Waals surface area (Å²) in [6, 6.07) is 2.05. The van der Waals surface area contributed by atoms with E-state index in [2.05, 4.69) is 24.8 Å². The van der Waals surface area contributed by atoms with Crippen LogP contribution in [0.15, 0.2) is 6.07 Å². The molecule has 0 bridgehead atoms. The predicted molar refractivity (Wildman–Crippen MR) is 75.4 cm³/mol. The van der Waals surface area contributed by atoms with Crippen molar-refractivity contribution >= 4 is 17.1 Å². The molecule has 1 aliphatic carbocycles. The third-order valence-electron chi connectivity index (χ3n) is 4.51. The summed E-state index contributed by atoms with van der Waals surface area (Å²) in [6.07, 6.45) is 4.16. The first-order valence-corrected chi connectivity index (χ1v) is 7.77. The zero-order valence-corrected chi connectivity index (χ0v) is 12.1. The van der Waals surface area contributed by atoms with Crippen LogP contribution in [0.4, 0.5) is 0 Å². The van der Waals surface area contributed by atoms with E-state index in [1.54, 1.807) is 11.3 Å². The number of ketones is 1. The molecule has 18 heavy (non-hydrogen) atoms. The first kappa shape index (κ1) is 12.4. The van der Waals surface area contributed by atoms with E-state index in [4.69, 9.17) is 0 Å². The van der Waals surface area contributed by atoms with Crippen LogP contribution in [-0.4, -0.2) is 30.3 Å². The number of hydrogen-bond donors (Lipinski definition) is 0. The maximum atomic E-state index is 12.3. The van der Waals surface area contributed by atoms with Gasteiger partial charge in [-0.3, -0.25) is 9.69 Å². The molecule has 0 spiro atoms. The fraction of sp³-hybridized carbons (Fsp3) is 0.667. The van der Waals surface area contributed by atoms with Gasteiger partial charge in [-0.1, -0.05) is 6.42 Å². The van der Waals surface area contributed by atoms with Crippen molar-refractivity contribution in [3.8, 4) is 0 Å². The topological polar surface area (TPSA) is 20.3 Å². The predicted octanol–water partition coefficient (Wildman–Crippen LogP) is 3.28. The van der Waals surface area contributed by atoms with Crippen molar-refractivity contribution in [2.75, 3.05) is 19.6 Å². The van der Waals surface area contributed by atoms with E-state index in [0.29, 0.717) is 12.3 Å². The monoisotopic (exact) mass is 263 g/mol. The molecule has 1 saturated heterocycles. The highest BCUT2D eigenvalue weighted by atomic mass is 32.1. The Hall–Kier alpha value is -0.670. The molecule has 98 valence electrons. The molecule has 2 heterocycles. The molecule has 1 aliphatic heterocycles. The Morgan fingerprint density at radius 1 is 1.33 bits per heavy atom. The van der Waals surface area contributed by atoms with Gasteiger partial charge in [0.2, 0.25) is 0 Å². The van der Waals surface area contributed by atoms with E-state index in [0.717, 1.165) is 30.5 Å². The van der Waals surface area contributed by atoms with Crippen LogP contribution < -0.4 is 0 Å². The molecule has 2 atom stereocenters. The molecule has 3 rings (SSSR count). The summed E-state index contributed by atoms with van der Waals surface area (Å²) in [5.74, 6) is 2.07. The molecule has 0 amide bonds. The van der Waals surface area contributed by atoms with Gasteiger partial charge in [0.05, 0.1) is 6.54 Å². The highest BCUT2D eigenvalue weighted by Crippen LogP contribution is 2.37. The summed E-state index contributed by atoms with van der Waals surface area (Å²) < 4.78 is 0. The van der Waals surface area contributed by atoms with Crippen LogP contribution in [0.1, 0.15) is 39.4 Å². The average molecular weight is 263 g/mol. The first-order valence-electron chi connectivity index (χ1n) is 6.96. The minimum absolute atomic E-state index is 0.317. The number of hydrogen-bond acceptors (Lipinski definition) is 3. The van der Waals surface area contributed by atoms with E-state index in [9.17, 15) is 4.79 Å². The molecule has 2 fully saturated rings. The second-order valence-corrected chi connectivity index (χ2v) is 7.36. The molecule has 1 aromatic rings. The number of Topliss-reactive ketones (excluding diaryl/α,β-unsaturated/α-hetero) is 1. The highest BCUT2D eigenvalue weighted by molar-refractivity contribution is 7.12. The van der Waals surface area contributed by atoms with Crippen LogP contribution in [0, 0.1) is 25.7 Å². The van der Waals surface area contributed by atoms with E-state index in [-0.39, 0.29) is 0 Å². The SMILES string of the molecule is Cc1cc(C(=O)CN2CC3CCCC3C2)c(C)s1. The van der Waals surface area contributed by atoms with Gasteiger partial charge >= 0.3 is 0 Å². The lowest BCUT2D eigenvalue weighted by Crippen LogP contribution is -2.28. The van der Waals surface area contributed by atoms with E-state index in [1.807, 2.05) is 0 Å². The molecule has 1 saturated carbocycles. The molecule has 0 N–H and O–H groups in total. The number of aryl methyl sites for hydroxylation is 2. The standard InChI is InChI=1S/C15H21NOS/c1-10-6-14(11(2)18-10)15(17)9-16-7-12-4-3-5-13(12)8-16/h6,12-13H,3-5,7-9H2,1-2H3. The van der Waals surface area contributed by atoms with Crippen LogP contribution in [0.2, 0.25) is 0 Å². The summed E-state index contributed by atoms with van der Waals surface area (Å²) in [6.45, 7) is 7.07. The number of carbonyl (C=O) groups is 1.